The van der Waals surface area contributed by atoms with E-state index in [0.29, 0.717) is 0 Å². The SMILES string of the molecule is CNC1C(C)C1CCC1CC1. The lowest BCUT2D eigenvalue weighted by atomic mass is 10.1. The smallest absolute Gasteiger partial charge is 0.0124 e. The highest BCUT2D eigenvalue weighted by Crippen LogP contribution is 2.45. The van der Waals surface area contributed by atoms with Crippen LogP contribution in [0.5, 0.6) is 0 Å². The molecule has 64 valence electrons. The zero-order valence-corrected chi connectivity index (χ0v) is 7.64. The highest BCUT2D eigenvalue weighted by Gasteiger charge is 2.45. The summed E-state index contributed by atoms with van der Waals surface area (Å²) >= 11 is 0. The van der Waals surface area contributed by atoms with Crippen LogP contribution in [0.15, 0.2) is 0 Å². The molecule has 1 N–H and O–H groups in total. The Labute approximate surface area is 69.6 Å². The van der Waals surface area contributed by atoms with Gasteiger partial charge in [-0.2, -0.15) is 0 Å². The molecular formula is C10H19N. The van der Waals surface area contributed by atoms with E-state index in [1.54, 1.807) is 0 Å². The van der Waals surface area contributed by atoms with Gasteiger partial charge >= 0.3 is 0 Å². The van der Waals surface area contributed by atoms with E-state index in [2.05, 4.69) is 19.3 Å². The fourth-order valence-electron chi connectivity index (χ4n) is 2.30. The molecule has 1 heteroatoms. The van der Waals surface area contributed by atoms with Crippen LogP contribution in [-0.4, -0.2) is 13.1 Å². The molecule has 0 amide bonds. The Morgan fingerprint density at radius 2 is 2.00 bits per heavy atom. The summed E-state index contributed by atoms with van der Waals surface area (Å²) in [4.78, 5) is 0. The van der Waals surface area contributed by atoms with Gasteiger partial charge < -0.3 is 5.32 Å². The minimum Gasteiger partial charge on any atom is -0.316 e. The van der Waals surface area contributed by atoms with Crippen LogP contribution >= 0.6 is 0 Å². The molecule has 0 aliphatic heterocycles. The van der Waals surface area contributed by atoms with Crippen molar-refractivity contribution in [2.75, 3.05) is 7.05 Å². The first-order valence-electron chi connectivity index (χ1n) is 5.00. The largest absolute Gasteiger partial charge is 0.316 e. The van der Waals surface area contributed by atoms with Crippen molar-refractivity contribution in [3.8, 4) is 0 Å². The van der Waals surface area contributed by atoms with Crippen molar-refractivity contribution < 1.29 is 0 Å². The molecule has 1 nitrogen and oxygen atoms in total. The van der Waals surface area contributed by atoms with Crippen LogP contribution in [-0.2, 0) is 0 Å². The van der Waals surface area contributed by atoms with E-state index < -0.39 is 0 Å². The van der Waals surface area contributed by atoms with Crippen molar-refractivity contribution in [2.45, 2.75) is 38.6 Å². The second-order valence-electron chi connectivity index (χ2n) is 4.36. The highest BCUT2D eigenvalue weighted by atomic mass is 15.0. The summed E-state index contributed by atoms with van der Waals surface area (Å²) < 4.78 is 0. The topological polar surface area (TPSA) is 12.0 Å². The Morgan fingerprint density at radius 1 is 1.27 bits per heavy atom. The molecule has 3 atom stereocenters. The lowest BCUT2D eigenvalue weighted by molar-refractivity contribution is 0.574. The summed E-state index contributed by atoms with van der Waals surface area (Å²) in [5.41, 5.74) is 0. The number of rotatable bonds is 4. The highest BCUT2D eigenvalue weighted by molar-refractivity contribution is 4.99. The van der Waals surface area contributed by atoms with E-state index >= 15 is 0 Å². The second kappa shape index (κ2) is 2.78. The summed E-state index contributed by atoms with van der Waals surface area (Å²) in [6, 6.07) is 0.855. The van der Waals surface area contributed by atoms with Gasteiger partial charge in [-0.15, -0.1) is 0 Å². The van der Waals surface area contributed by atoms with Gasteiger partial charge in [0.05, 0.1) is 0 Å². The Bertz CT molecular complexity index is 140. The Balaban J connectivity index is 1.63. The van der Waals surface area contributed by atoms with Crippen molar-refractivity contribution in [1.29, 1.82) is 0 Å². The standard InChI is InChI=1S/C10H19N/c1-7-9(10(7)11-2)6-5-8-3-4-8/h7-11H,3-6H2,1-2H3. The first-order chi connectivity index (χ1) is 5.33. The quantitative estimate of drug-likeness (QED) is 0.651. The normalized spacial score (nSPS) is 42.5. The average molecular weight is 153 g/mol. The van der Waals surface area contributed by atoms with Gasteiger partial charge in [-0.1, -0.05) is 26.2 Å². The number of nitrogens with one attached hydrogen (secondary N) is 1. The minimum absolute atomic E-state index is 0.855. The van der Waals surface area contributed by atoms with Crippen molar-refractivity contribution in [1.82, 2.24) is 5.32 Å². The molecule has 0 saturated heterocycles. The molecule has 0 bridgehead atoms. The predicted octanol–water partition coefficient (Wildman–Crippen LogP) is 2.03. The van der Waals surface area contributed by atoms with Crippen LogP contribution in [0.25, 0.3) is 0 Å². The van der Waals surface area contributed by atoms with E-state index in [1.807, 2.05) is 0 Å². The van der Waals surface area contributed by atoms with Crippen molar-refractivity contribution >= 4 is 0 Å². The molecule has 3 unspecified atom stereocenters. The third-order valence-corrected chi connectivity index (χ3v) is 3.50. The fourth-order valence-corrected chi connectivity index (χ4v) is 2.30. The lowest BCUT2D eigenvalue weighted by Gasteiger charge is -1.96. The van der Waals surface area contributed by atoms with Crippen LogP contribution in [0.1, 0.15) is 32.6 Å². The van der Waals surface area contributed by atoms with Gasteiger partial charge in [0.1, 0.15) is 0 Å². The maximum Gasteiger partial charge on any atom is 0.0124 e. The first kappa shape index (κ1) is 7.60. The minimum atomic E-state index is 0.855. The Kier molecular flexibility index (Phi) is 1.92. The molecule has 2 aliphatic rings. The molecule has 2 saturated carbocycles. The molecule has 0 aromatic rings. The second-order valence-corrected chi connectivity index (χ2v) is 4.36. The Hall–Kier alpha value is -0.0400. The number of hydrogen-bond donors (Lipinski definition) is 1. The molecule has 0 aromatic heterocycles. The summed E-state index contributed by atoms with van der Waals surface area (Å²) in [7, 11) is 2.10. The van der Waals surface area contributed by atoms with Crippen molar-refractivity contribution in [3.05, 3.63) is 0 Å². The van der Waals surface area contributed by atoms with Crippen LogP contribution in [0.3, 0.4) is 0 Å². The predicted molar refractivity (Wildman–Crippen MR) is 47.5 cm³/mol. The molecule has 2 aliphatic carbocycles. The first-order valence-corrected chi connectivity index (χ1v) is 5.00. The van der Waals surface area contributed by atoms with E-state index in [-0.39, 0.29) is 0 Å². The summed E-state index contributed by atoms with van der Waals surface area (Å²) in [6.07, 6.45) is 6.03. The molecule has 2 fully saturated rings. The summed E-state index contributed by atoms with van der Waals surface area (Å²) in [5, 5.41) is 3.38. The Morgan fingerprint density at radius 3 is 2.45 bits per heavy atom. The maximum absolute atomic E-state index is 3.38. The van der Waals surface area contributed by atoms with Crippen LogP contribution < -0.4 is 5.32 Å². The zero-order valence-electron chi connectivity index (χ0n) is 7.64. The van der Waals surface area contributed by atoms with E-state index in [4.69, 9.17) is 0 Å². The lowest BCUT2D eigenvalue weighted by Crippen LogP contribution is -2.11. The van der Waals surface area contributed by atoms with Crippen molar-refractivity contribution in [2.24, 2.45) is 17.8 Å². The molecule has 0 aromatic carbocycles. The monoisotopic (exact) mass is 153 g/mol. The van der Waals surface area contributed by atoms with Gasteiger partial charge in [0, 0.05) is 6.04 Å². The van der Waals surface area contributed by atoms with Gasteiger partial charge in [0.15, 0.2) is 0 Å². The van der Waals surface area contributed by atoms with Crippen LogP contribution in [0.4, 0.5) is 0 Å². The molecule has 11 heavy (non-hydrogen) atoms. The van der Waals surface area contributed by atoms with E-state index in [9.17, 15) is 0 Å². The number of hydrogen-bond acceptors (Lipinski definition) is 1. The third kappa shape index (κ3) is 1.58. The fraction of sp³-hybridized carbons (Fsp3) is 1.00. The zero-order chi connectivity index (χ0) is 7.84. The van der Waals surface area contributed by atoms with Gasteiger partial charge in [0.25, 0.3) is 0 Å². The van der Waals surface area contributed by atoms with E-state index in [1.165, 1.54) is 25.7 Å². The van der Waals surface area contributed by atoms with Crippen molar-refractivity contribution in [3.63, 3.8) is 0 Å². The van der Waals surface area contributed by atoms with Gasteiger partial charge in [-0.3, -0.25) is 0 Å². The molecule has 0 spiro atoms. The molecule has 0 radical (unpaired) electrons. The van der Waals surface area contributed by atoms with Crippen LogP contribution in [0.2, 0.25) is 0 Å². The van der Waals surface area contributed by atoms with Gasteiger partial charge in [0.2, 0.25) is 0 Å². The summed E-state index contributed by atoms with van der Waals surface area (Å²) in [6.45, 7) is 2.37. The molecule has 0 heterocycles. The van der Waals surface area contributed by atoms with Crippen LogP contribution in [0, 0.1) is 17.8 Å². The summed E-state index contributed by atoms with van der Waals surface area (Å²) in [5.74, 6) is 3.10. The molecular weight excluding hydrogens is 134 g/mol. The maximum atomic E-state index is 3.38. The van der Waals surface area contributed by atoms with E-state index in [0.717, 1.165) is 23.8 Å². The van der Waals surface area contributed by atoms with Gasteiger partial charge in [-0.05, 0) is 31.2 Å². The average Bonchev–Trinajstić information content (AvgIpc) is 2.83. The third-order valence-electron chi connectivity index (χ3n) is 3.50. The van der Waals surface area contributed by atoms with Gasteiger partial charge in [-0.25, -0.2) is 0 Å². The molecule has 2 rings (SSSR count).